The monoisotopic (exact) mass is 485 g/mol. The fourth-order valence-corrected chi connectivity index (χ4v) is 6.26. The first kappa shape index (κ1) is 21.7. The van der Waals surface area contributed by atoms with E-state index in [0.29, 0.717) is 21.7 Å². The molecule has 0 spiro atoms. The second-order valence-electron chi connectivity index (χ2n) is 9.54. The van der Waals surface area contributed by atoms with Crippen molar-refractivity contribution in [1.29, 1.82) is 0 Å². The maximum Gasteiger partial charge on any atom is 0.250 e. The normalized spacial score (nSPS) is 26.1. The lowest BCUT2D eigenvalue weighted by Gasteiger charge is -2.40. The molecule has 178 valence electrons. The largest absolute Gasteiger partial charge is 0.507 e. The maximum atomic E-state index is 15.3. The van der Waals surface area contributed by atoms with Gasteiger partial charge in [-0.3, -0.25) is 4.79 Å². The van der Waals surface area contributed by atoms with Gasteiger partial charge < -0.3 is 19.9 Å². The van der Waals surface area contributed by atoms with Crippen LogP contribution in [0, 0.1) is 5.82 Å². The van der Waals surface area contributed by atoms with Gasteiger partial charge >= 0.3 is 0 Å². The standard InChI is InChI=1S/C24H25F2N5O2S/c1-30-7-6-12(8-21(30)33)15-11-20(32)16(10-17(15)25)23-28-29-24(34-23)31(14-3-4-14)19-9-13-2-5-18(27-13)22(19)26/h6-8,10-11,13-14,18-19,22,27,32H,2-5,9H2,1H3. The van der Waals surface area contributed by atoms with Crippen molar-refractivity contribution in [1.82, 2.24) is 20.1 Å². The molecule has 10 heteroatoms. The van der Waals surface area contributed by atoms with Gasteiger partial charge in [0.05, 0.1) is 11.6 Å². The van der Waals surface area contributed by atoms with E-state index in [0.717, 1.165) is 32.1 Å². The van der Waals surface area contributed by atoms with Crippen molar-refractivity contribution in [3.8, 4) is 27.4 Å². The van der Waals surface area contributed by atoms with Crippen LogP contribution in [0.5, 0.6) is 5.75 Å². The molecule has 1 aromatic carbocycles. The first-order valence-corrected chi connectivity index (χ1v) is 12.4. The van der Waals surface area contributed by atoms with E-state index in [9.17, 15) is 9.90 Å². The highest BCUT2D eigenvalue weighted by molar-refractivity contribution is 7.18. The lowest BCUT2D eigenvalue weighted by atomic mass is 9.96. The summed E-state index contributed by atoms with van der Waals surface area (Å²) in [5.74, 6) is -0.725. The minimum Gasteiger partial charge on any atom is -0.507 e. The summed E-state index contributed by atoms with van der Waals surface area (Å²) in [6, 6.07) is 5.69. The van der Waals surface area contributed by atoms with E-state index in [2.05, 4.69) is 20.4 Å². The van der Waals surface area contributed by atoms with Crippen LogP contribution in [0.1, 0.15) is 32.1 Å². The molecule has 1 saturated carbocycles. The quantitative estimate of drug-likeness (QED) is 0.575. The predicted octanol–water partition coefficient (Wildman–Crippen LogP) is 3.62. The molecule has 7 nitrogen and oxygen atoms in total. The van der Waals surface area contributed by atoms with Crippen LogP contribution in [0.4, 0.5) is 13.9 Å². The van der Waals surface area contributed by atoms with E-state index in [1.807, 2.05) is 0 Å². The summed E-state index contributed by atoms with van der Waals surface area (Å²) in [5, 5.41) is 23.6. The van der Waals surface area contributed by atoms with Crippen LogP contribution in [0.25, 0.3) is 21.7 Å². The molecule has 1 aliphatic carbocycles. The topological polar surface area (TPSA) is 83.3 Å². The predicted molar refractivity (Wildman–Crippen MR) is 126 cm³/mol. The molecule has 4 unspecified atom stereocenters. The lowest BCUT2D eigenvalue weighted by molar-refractivity contribution is 0.172. The molecule has 2 N–H and O–H groups in total. The molecule has 2 saturated heterocycles. The van der Waals surface area contributed by atoms with Crippen LogP contribution in [-0.2, 0) is 7.05 Å². The molecule has 2 aromatic heterocycles. The number of piperidine rings is 1. The average Bonchev–Trinajstić information content (AvgIpc) is 3.38. The van der Waals surface area contributed by atoms with Gasteiger partial charge in [-0.15, -0.1) is 10.2 Å². The Hall–Kier alpha value is -2.85. The van der Waals surface area contributed by atoms with Crippen LogP contribution in [0.15, 0.2) is 35.3 Å². The molecule has 0 radical (unpaired) electrons. The number of rotatable bonds is 5. The Kier molecular flexibility index (Phi) is 5.18. The number of fused-ring (bicyclic) bond motifs is 2. The summed E-state index contributed by atoms with van der Waals surface area (Å²) in [6.45, 7) is 0. The third-order valence-electron chi connectivity index (χ3n) is 7.22. The van der Waals surface area contributed by atoms with Crippen LogP contribution >= 0.6 is 11.3 Å². The Morgan fingerprint density at radius 2 is 2.00 bits per heavy atom. The summed E-state index contributed by atoms with van der Waals surface area (Å²) in [7, 11) is 1.61. The van der Waals surface area contributed by atoms with Gasteiger partial charge in [0, 0.05) is 43.0 Å². The van der Waals surface area contributed by atoms with Crippen molar-refractivity contribution < 1.29 is 13.9 Å². The van der Waals surface area contributed by atoms with Crippen molar-refractivity contribution >= 4 is 16.5 Å². The molecule has 34 heavy (non-hydrogen) atoms. The molecular formula is C24H25F2N5O2S. The van der Waals surface area contributed by atoms with Crippen LogP contribution in [-0.4, -0.2) is 50.2 Å². The highest BCUT2D eigenvalue weighted by atomic mass is 32.1. The lowest BCUT2D eigenvalue weighted by Crippen LogP contribution is -2.57. The number of nitrogens with zero attached hydrogens (tertiary/aromatic N) is 4. The maximum absolute atomic E-state index is 15.3. The van der Waals surface area contributed by atoms with Crippen molar-refractivity contribution in [2.75, 3.05) is 4.90 Å². The van der Waals surface area contributed by atoms with E-state index >= 15 is 8.78 Å². The van der Waals surface area contributed by atoms with Gasteiger partial charge in [-0.2, -0.15) is 0 Å². The first-order valence-electron chi connectivity index (χ1n) is 11.6. The first-order chi connectivity index (χ1) is 16.4. The number of halogens is 2. The van der Waals surface area contributed by atoms with Gasteiger partial charge in [0.15, 0.2) is 5.01 Å². The number of aromatic hydroxyl groups is 1. The molecule has 3 aliphatic rings. The minimum absolute atomic E-state index is 0.113. The summed E-state index contributed by atoms with van der Waals surface area (Å²) in [4.78, 5) is 14.0. The summed E-state index contributed by atoms with van der Waals surface area (Å²) in [5.41, 5.74) is 0.474. The van der Waals surface area contributed by atoms with Gasteiger partial charge in [0.2, 0.25) is 5.13 Å². The number of nitrogens with one attached hydrogen (secondary N) is 1. The fourth-order valence-electron chi connectivity index (χ4n) is 5.26. The number of hydrogen-bond donors (Lipinski definition) is 2. The Bertz CT molecular complexity index is 1310. The van der Waals surface area contributed by atoms with Crippen LogP contribution in [0.3, 0.4) is 0 Å². The van der Waals surface area contributed by atoms with Crippen LogP contribution < -0.4 is 15.8 Å². The molecule has 2 bridgehead atoms. The summed E-state index contributed by atoms with van der Waals surface area (Å²) < 4.78 is 31.7. The highest BCUT2D eigenvalue weighted by Gasteiger charge is 2.48. The SMILES string of the molecule is Cn1ccc(-c2cc(O)c(-c3nnc(N(C4CC4)C4CC5CCC(N5)C4F)s3)cc2F)cc1=O. The zero-order valence-electron chi connectivity index (χ0n) is 18.6. The number of aromatic nitrogens is 3. The molecular weight excluding hydrogens is 460 g/mol. The van der Waals surface area contributed by atoms with Crippen molar-refractivity contribution in [3.63, 3.8) is 0 Å². The number of anilines is 1. The van der Waals surface area contributed by atoms with E-state index in [-0.39, 0.29) is 40.6 Å². The van der Waals surface area contributed by atoms with Gasteiger partial charge in [0.25, 0.3) is 5.56 Å². The molecule has 2 aliphatic heterocycles. The third kappa shape index (κ3) is 3.69. The second-order valence-corrected chi connectivity index (χ2v) is 10.5. The zero-order chi connectivity index (χ0) is 23.6. The van der Waals surface area contributed by atoms with E-state index in [1.54, 1.807) is 19.3 Å². The number of alkyl halides is 1. The Balaban J connectivity index is 1.32. The van der Waals surface area contributed by atoms with E-state index < -0.39 is 12.0 Å². The second kappa shape index (κ2) is 8.13. The van der Waals surface area contributed by atoms with E-state index in [4.69, 9.17) is 0 Å². The Labute approximate surface area is 199 Å². The van der Waals surface area contributed by atoms with Gasteiger partial charge in [0.1, 0.15) is 17.7 Å². The number of pyridine rings is 1. The number of hydrogen-bond acceptors (Lipinski definition) is 7. The van der Waals surface area contributed by atoms with Gasteiger partial charge in [-0.1, -0.05) is 11.3 Å². The number of phenolic OH excluding ortho intramolecular Hbond substituents is 1. The minimum atomic E-state index is -0.976. The summed E-state index contributed by atoms with van der Waals surface area (Å²) >= 11 is 1.25. The Morgan fingerprint density at radius 3 is 2.76 bits per heavy atom. The van der Waals surface area contributed by atoms with Gasteiger partial charge in [-0.25, -0.2) is 8.78 Å². The third-order valence-corrected chi connectivity index (χ3v) is 8.19. The van der Waals surface area contributed by atoms with E-state index in [1.165, 1.54) is 34.1 Å². The molecule has 6 rings (SSSR count). The Morgan fingerprint density at radius 1 is 1.18 bits per heavy atom. The molecule has 3 aromatic rings. The van der Waals surface area contributed by atoms with Crippen LogP contribution in [0.2, 0.25) is 0 Å². The average molecular weight is 486 g/mol. The highest BCUT2D eigenvalue weighted by Crippen LogP contribution is 2.44. The molecule has 0 amide bonds. The van der Waals surface area contributed by atoms with Crippen molar-refractivity contribution in [3.05, 3.63) is 46.6 Å². The number of benzene rings is 1. The summed E-state index contributed by atoms with van der Waals surface area (Å²) in [6.07, 6.45) is 5.14. The number of phenols is 1. The smallest absolute Gasteiger partial charge is 0.250 e. The molecule has 4 atom stereocenters. The van der Waals surface area contributed by atoms with Crippen molar-refractivity contribution in [2.45, 2.75) is 62.4 Å². The van der Waals surface area contributed by atoms with Gasteiger partial charge in [-0.05, 0) is 55.9 Å². The number of aryl methyl sites for hydroxylation is 1. The molecule has 3 fully saturated rings. The zero-order valence-corrected chi connectivity index (χ0v) is 19.4. The van der Waals surface area contributed by atoms with Crippen molar-refractivity contribution in [2.24, 2.45) is 7.05 Å². The molecule has 4 heterocycles. The fraction of sp³-hybridized carbons (Fsp3) is 0.458.